The van der Waals surface area contributed by atoms with Gasteiger partial charge in [-0.3, -0.25) is 4.99 Å². The smallest absolute Gasteiger partial charge is 0.220 e. The fourth-order valence-corrected chi connectivity index (χ4v) is 4.50. The van der Waals surface area contributed by atoms with Crippen molar-refractivity contribution in [2.75, 3.05) is 46.4 Å². The van der Waals surface area contributed by atoms with Gasteiger partial charge < -0.3 is 19.5 Å². The summed E-state index contributed by atoms with van der Waals surface area (Å²) in [7, 11) is -1.67. The Labute approximate surface area is 194 Å². The first-order chi connectivity index (χ1) is 14.1. The number of benzene rings is 1. The molecule has 0 radical (unpaired) electrons. The van der Waals surface area contributed by atoms with Crippen LogP contribution in [0.25, 0.3) is 0 Å². The molecule has 166 valence electrons. The quantitative estimate of drug-likeness (QED) is 0.232. The van der Waals surface area contributed by atoms with Crippen LogP contribution in [0.5, 0.6) is 5.75 Å². The lowest BCUT2D eigenvalue weighted by atomic mass is 10.3. The molecule has 1 aliphatic heterocycles. The molecule has 11 heteroatoms. The Balaban J connectivity index is 0.00000320. The number of ether oxygens (including phenoxy) is 1. The summed E-state index contributed by atoms with van der Waals surface area (Å²) in [5, 5.41) is 7.01. The van der Waals surface area contributed by atoms with Gasteiger partial charge in [-0.25, -0.2) is 8.42 Å². The van der Waals surface area contributed by atoms with Crippen LogP contribution in [-0.4, -0.2) is 75.1 Å². The van der Waals surface area contributed by atoms with Crippen LogP contribution in [-0.2, 0) is 15.8 Å². The molecule has 3 rings (SSSR count). The summed E-state index contributed by atoms with van der Waals surface area (Å²) in [6.45, 7) is 3.33. The maximum absolute atomic E-state index is 12.5. The molecule has 0 saturated carbocycles. The second kappa shape index (κ2) is 12.1. The van der Waals surface area contributed by atoms with Crippen LogP contribution < -0.4 is 10.1 Å². The monoisotopic (exact) mass is 549 g/mol. The van der Waals surface area contributed by atoms with Crippen LogP contribution >= 0.6 is 24.0 Å². The highest BCUT2D eigenvalue weighted by molar-refractivity contribution is 14.0. The lowest BCUT2D eigenvalue weighted by Gasteiger charge is -2.35. The molecule has 0 amide bonds. The number of nitrogens with one attached hydrogen (secondary N) is 1. The Kier molecular flexibility index (Phi) is 9.85. The third-order valence-corrected chi connectivity index (χ3v) is 6.39. The van der Waals surface area contributed by atoms with E-state index in [4.69, 9.17) is 9.26 Å². The molecular formula is C19H28IN5O4S. The Hall–Kier alpha value is -1.86. The fourth-order valence-electron chi connectivity index (χ4n) is 3.08. The van der Waals surface area contributed by atoms with Gasteiger partial charge in [-0.15, -0.1) is 24.0 Å². The predicted octanol–water partition coefficient (Wildman–Crippen LogP) is 1.78. The molecule has 1 aromatic carbocycles. The van der Waals surface area contributed by atoms with Crippen molar-refractivity contribution in [3.63, 3.8) is 0 Å². The zero-order valence-corrected chi connectivity index (χ0v) is 20.1. The lowest BCUT2D eigenvalue weighted by Crippen LogP contribution is -2.54. The second-order valence-electron chi connectivity index (χ2n) is 6.62. The number of para-hydroxylation sites is 1. The van der Waals surface area contributed by atoms with Crippen molar-refractivity contribution in [3.8, 4) is 5.75 Å². The van der Waals surface area contributed by atoms with E-state index in [1.54, 1.807) is 13.1 Å². The highest BCUT2D eigenvalue weighted by Gasteiger charge is 2.28. The van der Waals surface area contributed by atoms with E-state index >= 15 is 0 Å². The first-order valence-corrected chi connectivity index (χ1v) is 11.2. The van der Waals surface area contributed by atoms with Crippen molar-refractivity contribution in [3.05, 3.63) is 48.4 Å². The molecular weight excluding hydrogens is 521 g/mol. The van der Waals surface area contributed by atoms with E-state index in [0.29, 0.717) is 38.5 Å². The van der Waals surface area contributed by atoms with Gasteiger partial charge in [0.2, 0.25) is 10.0 Å². The number of sulfonamides is 1. The van der Waals surface area contributed by atoms with Gasteiger partial charge in [0.15, 0.2) is 5.96 Å². The van der Waals surface area contributed by atoms with Gasteiger partial charge in [0.05, 0.1) is 12.3 Å². The number of hydrogen-bond acceptors (Lipinski definition) is 6. The zero-order valence-electron chi connectivity index (χ0n) is 16.9. The van der Waals surface area contributed by atoms with Crippen molar-refractivity contribution < 1.29 is 17.7 Å². The highest BCUT2D eigenvalue weighted by atomic mass is 127. The predicted molar refractivity (Wildman–Crippen MR) is 126 cm³/mol. The SMILES string of the molecule is CN=C(NCCCOc1ccccc1)N1CCN(S(=O)(=O)Cc2ccon2)CC1.I. The van der Waals surface area contributed by atoms with E-state index in [0.717, 1.165) is 24.7 Å². The van der Waals surface area contributed by atoms with Crippen LogP contribution in [0.1, 0.15) is 12.1 Å². The van der Waals surface area contributed by atoms with Crippen LogP contribution in [0, 0.1) is 0 Å². The number of aromatic nitrogens is 1. The summed E-state index contributed by atoms with van der Waals surface area (Å²) in [6, 6.07) is 11.3. The molecule has 2 aromatic rings. The van der Waals surface area contributed by atoms with Crippen LogP contribution in [0.2, 0.25) is 0 Å². The van der Waals surface area contributed by atoms with Crippen LogP contribution in [0.3, 0.4) is 0 Å². The van der Waals surface area contributed by atoms with Crippen molar-refractivity contribution >= 4 is 40.0 Å². The van der Waals surface area contributed by atoms with Gasteiger partial charge in [0.25, 0.3) is 0 Å². The lowest BCUT2D eigenvalue weighted by molar-refractivity contribution is 0.258. The molecule has 1 aromatic heterocycles. The number of hydrogen-bond donors (Lipinski definition) is 1. The van der Waals surface area contributed by atoms with Crippen molar-refractivity contribution in [2.24, 2.45) is 4.99 Å². The van der Waals surface area contributed by atoms with E-state index < -0.39 is 10.0 Å². The molecule has 2 heterocycles. The van der Waals surface area contributed by atoms with Crippen LogP contribution in [0.15, 0.2) is 52.2 Å². The molecule has 1 saturated heterocycles. The summed E-state index contributed by atoms with van der Waals surface area (Å²) in [6.07, 6.45) is 2.21. The molecule has 1 N–H and O–H groups in total. The largest absolute Gasteiger partial charge is 0.494 e. The number of aliphatic imine (C=N–C) groups is 1. The number of halogens is 1. The molecule has 0 atom stereocenters. The van der Waals surface area contributed by atoms with E-state index in [9.17, 15) is 8.42 Å². The Morgan fingerprint density at radius 2 is 1.93 bits per heavy atom. The molecule has 1 aliphatic rings. The molecule has 0 aliphatic carbocycles. The normalized spacial score (nSPS) is 15.5. The average molecular weight is 549 g/mol. The zero-order chi connectivity index (χ0) is 20.5. The average Bonchev–Trinajstić information content (AvgIpc) is 3.24. The maximum atomic E-state index is 12.5. The first kappa shape index (κ1) is 24.4. The summed E-state index contributed by atoms with van der Waals surface area (Å²) in [5.74, 6) is 1.50. The minimum absolute atomic E-state index is 0. The van der Waals surface area contributed by atoms with Crippen molar-refractivity contribution in [2.45, 2.75) is 12.2 Å². The summed E-state index contributed by atoms with van der Waals surface area (Å²) < 4.78 is 37.0. The third-order valence-electron chi connectivity index (χ3n) is 4.58. The molecule has 0 bridgehead atoms. The third kappa shape index (κ3) is 7.13. The van der Waals surface area contributed by atoms with Crippen LogP contribution in [0.4, 0.5) is 0 Å². The molecule has 1 fully saturated rings. The van der Waals surface area contributed by atoms with Gasteiger partial charge in [0.1, 0.15) is 17.8 Å². The summed E-state index contributed by atoms with van der Waals surface area (Å²) in [4.78, 5) is 6.39. The Bertz CT molecular complexity index is 870. The van der Waals surface area contributed by atoms with E-state index in [2.05, 4.69) is 20.4 Å². The molecule has 30 heavy (non-hydrogen) atoms. The Morgan fingerprint density at radius 3 is 2.57 bits per heavy atom. The maximum Gasteiger partial charge on any atom is 0.220 e. The highest BCUT2D eigenvalue weighted by Crippen LogP contribution is 2.13. The second-order valence-corrected chi connectivity index (χ2v) is 8.59. The number of piperazine rings is 1. The van der Waals surface area contributed by atoms with Crippen molar-refractivity contribution in [1.29, 1.82) is 0 Å². The van der Waals surface area contributed by atoms with Gasteiger partial charge in [-0.2, -0.15) is 4.31 Å². The van der Waals surface area contributed by atoms with E-state index in [1.165, 1.54) is 10.6 Å². The minimum Gasteiger partial charge on any atom is -0.494 e. The number of rotatable bonds is 8. The van der Waals surface area contributed by atoms with Gasteiger partial charge in [-0.1, -0.05) is 23.4 Å². The summed E-state index contributed by atoms with van der Waals surface area (Å²) in [5.41, 5.74) is 0.419. The van der Waals surface area contributed by atoms with Gasteiger partial charge >= 0.3 is 0 Å². The van der Waals surface area contributed by atoms with Gasteiger partial charge in [0, 0.05) is 45.8 Å². The first-order valence-electron chi connectivity index (χ1n) is 9.59. The molecule has 0 spiro atoms. The van der Waals surface area contributed by atoms with E-state index in [1.807, 2.05) is 30.3 Å². The van der Waals surface area contributed by atoms with Gasteiger partial charge in [-0.05, 0) is 18.6 Å². The van der Waals surface area contributed by atoms with Crippen molar-refractivity contribution in [1.82, 2.24) is 19.7 Å². The standard InChI is InChI=1S/C19H27N5O4S.HI/c1-20-19(21-9-5-14-27-18-6-3-2-4-7-18)23-10-12-24(13-11-23)29(25,26)16-17-8-15-28-22-17;/h2-4,6-8,15H,5,9-14,16H2,1H3,(H,20,21);1H. The minimum atomic E-state index is -3.41. The number of nitrogens with zero attached hydrogens (tertiary/aromatic N) is 4. The molecule has 9 nitrogen and oxygen atoms in total. The topological polar surface area (TPSA) is 100 Å². The fraction of sp³-hybridized carbons (Fsp3) is 0.474. The number of guanidine groups is 1. The molecule has 0 unspecified atom stereocenters. The summed E-state index contributed by atoms with van der Waals surface area (Å²) >= 11 is 0. The van der Waals surface area contributed by atoms with E-state index in [-0.39, 0.29) is 29.7 Å². The Morgan fingerprint density at radius 1 is 1.20 bits per heavy atom.